The second kappa shape index (κ2) is 6.12. The molecule has 0 fully saturated rings. The van der Waals surface area contributed by atoms with Crippen LogP contribution < -0.4 is 5.32 Å². The number of anilines is 1. The summed E-state index contributed by atoms with van der Waals surface area (Å²) in [6.45, 7) is 6.14. The molecule has 0 aliphatic rings. The summed E-state index contributed by atoms with van der Waals surface area (Å²) in [6, 6.07) is 9.25. The first kappa shape index (κ1) is 17.1. The van der Waals surface area contributed by atoms with Crippen LogP contribution in [-0.4, -0.2) is 25.2 Å². The van der Waals surface area contributed by atoms with Crippen molar-refractivity contribution in [2.75, 3.05) is 5.32 Å². The summed E-state index contributed by atoms with van der Waals surface area (Å²) in [6.07, 6.45) is 5.32. The molecule has 0 bridgehead atoms. The molecule has 0 saturated carbocycles. The van der Waals surface area contributed by atoms with E-state index < -0.39 is 0 Å². The Morgan fingerprint density at radius 1 is 1.19 bits per heavy atom. The summed E-state index contributed by atoms with van der Waals surface area (Å²) in [7, 11) is 1.81. The predicted octanol–water partition coefficient (Wildman–Crippen LogP) is 3.90. The van der Waals surface area contributed by atoms with Gasteiger partial charge in [0.2, 0.25) is 5.89 Å². The first-order valence-corrected chi connectivity index (χ1v) is 8.71. The molecule has 1 aromatic carbocycles. The van der Waals surface area contributed by atoms with Crippen LogP contribution in [0.5, 0.6) is 0 Å². The number of hydrogen-bond donors (Lipinski definition) is 1. The third-order valence-electron chi connectivity index (χ3n) is 4.29. The quantitative estimate of drug-likeness (QED) is 0.599. The zero-order valence-electron chi connectivity index (χ0n) is 15.7. The first-order chi connectivity index (χ1) is 12.8. The van der Waals surface area contributed by atoms with Crippen LogP contribution in [0.15, 0.2) is 53.3 Å². The lowest BCUT2D eigenvalue weighted by molar-refractivity contribution is 0.102. The van der Waals surface area contributed by atoms with Gasteiger partial charge in [0.15, 0.2) is 5.58 Å². The highest BCUT2D eigenvalue weighted by Crippen LogP contribution is 2.27. The molecule has 138 valence electrons. The Hall–Kier alpha value is -3.35. The van der Waals surface area contributed by atoms with Gasteiger partial charge in [0.05, 0.1) is 6.20 Å². The van der Waals surface area contributed by atoms with Gasteiger partial charge in [-0.3, -0.25) is 9.48 Å². The van der Waals surface area contributed by atoms with Gasteiger partial charge in [-0.1, -0.05) is 20.8 Å². The van der Waals surface area contributed by atoms with E-state index >= 15 is 0 Å². The van der Waals surface area contributed by atoms with E-state index in [1.54, 1.807) is 10.9 Å². The lowest BCUT2D eigenvalue weighted by Gasteiger charge is -2.11. The lowest BCUT2D eigenvalue weighted by atomic mass is 9.97. The molecule has 3 heterocycles. The highest BCUT2D eigenvalue weighted by Gasteiger charge is 2.22. The fourth-order valence-corrected chi connectivity index (χ4v) is 2.90. The van der Waals surface area contributed by atoms with Crippen molar-refractivity contribution in [2.24, 2.45) is 7.05 Å². The SMILES string of the molecule is Cn1ncc(C(=O)Nc2ccc3oc(C(C)(C)C)nc3c2)c1-n1cccc1. The van der Waals surface area contributed by atoms with Crippen molar-refractivity contribution in [2.45, 2.75) is 26.2 Å². The minimum Gasteiger partial charge on any atom is -0.440 e. The Balaban J connectivity index is 1.64. The van der Waals surface area contributed by atoms with Crippen LogP contribution in [0.3, 0.4) is 0 Å². The molecule has 0 unspecified atom stereocenters. The predicted molar refractivity (Wildman–Crippen MR) is 103 cm³/mol. The topological polar surface area (TPSA) is 77.9 Å². The molecular formula is C20H21N5O2. The van der Waals surface area contributed by atoms with Gasteiger partial charge in [0, 0.05) is 30.5 Å². The number of carbonyl (C=O) groups excluding carboxylic acids is 1. The smallest absolute Gasteiger partial charge is 0.261 e. The van der Waals surface area contributed by atoms with Crippen molar-refractivity contribution >= 4 is 22.7 Å². The van der Waals surface area contributed by atoms with Crippen LogP contribution in [0, 0.1) is 0 Å². The minimum absolute atomic E-state index is 0.177. The number of benzene rings is 1. The normalized spacial score (nSPS) is 11.9. The van der Waals surface area contributed by atoms with Gasteiger partial charge in [-0.2, -0.15) is 5.10 Å². The Kier molecular flexibility index (Phi) is 3.87. The molecule has 3 aromatic heterocycles. The maximum atomic E-state index is 12.8. The average molecular weight is 363 g/mol. The number of oxazole rings is 1. The monoisotopic (exact) mass is 363 g/mol. The maximum absolute atomic E-state index is 12.8. The third kappa shape index (κ3) is 3.12. The molecule has 7 heteroatoms. The second-order valence-corrected chi connectivity index (χ2v) is 7.50. The maximum Gasteiger partial charge on any atom is 0.261 e. The number of rotatable bonds is 3. The average Bonchev–Trinajstić information content (AvgIpc) is 3.32. The molecule has 0 spiro atoms. The van der Waals surface area contributed by atoms with Gasteiger partial charge in [-0.25, -0.2) is 4.98 Å². The number of nitrogens with one attached hydrogen (secondary N) is 1. The number of aromatic nitrogens is 4. The van der Waals surface area contributed by atoms with Crippen molar-refractivity contribution in [3.63, 3.8) is 0 Å². The van der Waals surface area contributed by atoms with Crippen LogP contribution in [0.4, 0.5) is 5.69 Å². The van der Waals surface area contributed by atoms with Gasteiger partial charge < -0.3 is 14.3 Å². The summed E-state index contributed by atoms with van der Waals surface area (Å²) in [5.74, 6) is 1.14. The number of amides is 1. The fourth-order valence-electron chi connectivity index (χ4n) is 2.90. The fraction of sp³-hybridized carbons (Fsp3) is 0.250. The van der Waals surface area contributed by atoms with E-state index in [2.05, 4.69) is 15.4 Å². The molecule has 0 atom stereocenters. The second-order valence-electron chi connectivity index (χ2n) is 7.50. The van der Waals surface area contributed by atoms with Crippen molar-refractivity contribution in [1.29, 1.82) is 0 Å². The number of fused-ring (bicyclic) bond motifs is 1. The van der Waals surface area contributed by atoms with E-state index in [1.807, 2.05) is 75.1 Å². The van der Waals surface area contributed by atoms with Gasteiger partial charge in [-0.05, 0) is 30.3 Å². The zero-order chi connectivity index (χ0) is 19.2. The summed E-state index contributed by atoms with van der Waals surface area (Å²) in [5, 5.41) is 7.15. The van der Waals surface area contributed by atoms with Gasteiger partial charge >= 0.3 is 0 Å². The highest BCUT2D eigenvalue weighted by atomic mass is 16.3. The molecule has 1 amide bonds. The molecule has 0 aliphatic carbocycles. The molecule has 0 saturated heterocycles. The van der Waals surface area contributed by atoms with E-state index in [1.165, 1.54) is 0 Å². The number of aryl methyl sites for hydroxylation is 1. The molecule has 4 aromatic rings. The molecule has 27 heavy (non-hydrogen) atoms. The molecule has 0 radical (unpaired) electrons. The molecule has 1 N–H and O–H groups in total. The van der Waals surface area contributed by atoms with E-state index in [0.29, 0.717) is 28.5 Å². The van der Waals surface area contributed by atoms with Crippen molar-refractivity contribution in [3.8, 4) is 5.82 Å². The Bertz CT molecular complexity index is 1110. The van der Waals surface area contributed by atoms with Gasteiger partial charge in [0.1, 0.15) is 16.9 Å². The Morgan fingerprint density at radius 3 is 2.63 bits per heavy atom. The van der Waals surface area contributed by atoms with Gasteiger partial charge in [-0.15, -0.1) is 0 Å². The van der Waals surface area contributed by atoms with Crippen molar-refractivity contribution in [1.82, 2.24) is 19.3 Å². The van der Waals surface area contributed by atoms with Crippen LogP contribution in [0.1, 0.15) is 37.0 Å². The minimum atomic E-state index is -0.231. The van der Waals surface area contributed by atoms with Crippen molar-refractivity contribution in [3.05, 3.63) is 60.4 Å². The summed E-state index contributed by atoms with van der Waals surface area (Å²) < 4.78 is 9.34. The number of carbonyl (C=O) groups is 1. The summed E-state index contributed by atoms with van der Waals surface area (Å²) in [4.78, 5) is 17.4. The zero-order valence-corrected chi connectivity index (χ0v) is 15.7. The van der Waals surface area contributed by atoms with Crippen LogP contribution in [-0.2, 0) is 12.5 Å². The Morgan fingerprint density at radius 2 is 1.93 bits per heavy atom. The van der Waals surface area contributed by atoms with Gasteiger partial charge in [0.25, 0.3) is 5.91 Å². The van der Waals surface area contributed by atoms with Crippen LogP contribution in [0.2, 0.25) is 0 Å². The Labute approximate surface area is 156 Å². The molecule has 4 rings (SSSR count). The standard InChI is InChI=1S/C20H21N5O2/c1-20(2,3)19-23-15-11-13(7-8-16(15)27-19)22-17(26)14-12-21-24(4)18(14)25-9-5-6-10-25/h5-12H,1-4H3,(H,22,26). The van der Waals surface area contributed by atoms with Crippen LogP contribution >= 0.6 is 0 Å². The van der Waals surface area contributed by atoms with E-state index in [9.17, 15) is 4.79 Å². The lowest BCUT2D eigenvalue weighted by Crippen LogP contribution is -2.15. The van der Waals surface area contributed by atoms with Crippen molar-refractivity contribution < 1.29 is 9.21 Å². The first-order valence-electron chi connectivity index (χ1n) is 8.71. The summed E-state index contributed by atoms with van der Waals surface area (Å²) in [5.41, 5.74) is 2.39. The number of hydrogen-bond acceptors (Lipinski definition) is 4. The third-order valence-corrected chi connectivity index (χ3v) is 4.29. The van der Waals surface area contributed by atoms with Crippen LogP contribution in [0.25, 0.3) is 16.9 Å². The molecule has 7 nitrogen and oxygen atoms in total. The summed E-state index contributed by atoms with van der Waals surface area (Å²) >= 11 is 0. The molecular weight excluding hydrogens is 342 g/mol. The number of nitrogens with zero attached hydrogens (tertiary/aromatic N) is 4. The van der Waals surface area contributed by atoms with E-state index in [4.69, 9.17) is 4.42 Å². The van der Waals surface area contributed by atoms with E-state index in [-0.39, 0.29) is 11.3 Å². The largest absolute Gasteiger partial charge is 0.440 e. The molecule has 0 aliphatic heterocycles. The highest BCUT2D eigenvalue weighted by molar-refractivity contribution is 6.06. The van der Waals surface area contributed by atoms with E-state index in [0.717, 1.165) is 5.52 Å².